The smallest absolute Gasteiger partial charge is 0.233 e. The molecule has 0 aliphatic carbocycles. The van der Waals surface area contributed by atoms with Crippen LogP contribution in [0.5, 0.6) is 11.5 Å². The van der Waals surface area contributed by atoms with E-state index < -0.39 is 0 Å². The van der Waals surface area contributed by atoms with E-state index in [0.717, 1.165) is 30.8 Å². The second-order valence-corrected chi connectivity index (χ2v) is 8.20. The van der Waals surface area contributed by atoms with Crippen molar-refractivity contribution in [3.8, 4) is 11.5 Å². The van der Waals surface area contributed by atoms with E-state index in [9.17, 15) is 9.59 Å². The zero-order valence-electron chi connectivity index (χ0n) is 16.3. The van der Waals surface area contributed by atoms with Crippen molar-refractivity contribution in [1.82, 2.24) is 4.90 Å². The van der Waals surface area contributed by atoms with Crippen molar-refractivity contribution in [3.63, 3.8) is 0 Å². The maximum Gasteiger partial charge on any atom is 0.233 e. The molecule has 2 amide bonds. The van der Waals surface area contributed by atoms with Crippen molar-refractivity contribution in [1.29, 1.82) is 0 Å². The van der Waals surface area contributed by atoms with Gasteiger partial charge in [-0.05, 0) is 41.8 Å². The van der Waals surface area contributed by atoms with Gasteiger partial charge in [0.2, 0.25) is 11.8 Å². The van der Waals surface area contributed by atoms with Crippen LogP contribution < -0.4 is 14.8 Å². The molecule has 0 radical (unpaired) electrons. The summed E-state index contributed by atoms with van der Waals surface area (Å²) < 4.78 is 11.4. The van der Waals surface area contributed by atoms with E-state index in [1.165, 1.54) is 12.5 Å². The summed E-state index contributed by atoms with van der Waals surface area (Å²) in [6.45, 7) is 3.36. The number of nitrogens with zero attached hydrogens (tertiary/aromatic N) is 1. The minimum atomic E-state index is -0.114. The first kappa shape index (κ1) is 19.6. The van der Waals surface area contributed by atoms with Gasteiger partial charge in [0.25, 0.3) is 0 Å². The van der Waals surface area contributed by atoms with Gasteiger partial charge in [0.1, 0.15) is 16.9 Å². The minimum absolute atomic E-state index is 0.0523. The molecule has 0 bridgehead atoms. The van der Waals surface area contributed by atoms with E-state index in [-0.39, 0.29) is 17.2 Å². The summed E-state index contributed by atoms with van der Waals surface area (Å²) in [6, 6.07) is 13.6. The Morgan fingerprint density at radius 2 is 2.21 bits per heavy atom. The number of hydrogen-bond donors (Lipinski definition) is 1. The first-order valence-electron chi connectivity index (χ1n) is 9.77. The zero-order chi connectivity index (χ0) is 20.2. The van der Waals surface area contributed by atoms with Crippen LogP contribution in [-0.4, -0.2) is 42.2 Å². The number of rotatable bonds is 7. The molecule has 7 heteroatoms. The maximum absolute atomic E-state index is 12.4. The Bertz CT molecular complexity index is 917. The number of ether oxygens (including phenoxy) is 2. The van der Waals surface area contributed by atoms with Crippen molar-refractivity contribution >= 4 is 29.3 Å². The summed E-state index contributed by atoms with van der Waals surface area (Å²) in [5.41, 5.74) is 3.10. The molecule has 1 atom stereocenters. The molecule has 29 heavy (non-hydrogen) atoms. The second-order valence-electron chi connectivity index (χ2n) is 7.13. The van der Waals surface area contributed by atoms with Gasteiger partial charge in [0.15, 0.2) is 0 Å². The van der Waals surface area contributed by atoms with Gasteiger partial charge in [0, 0.05) is 31.6 Å². The third-order valence-corrected chi connectivity index (χ3v) is 6.19. The predicted octanol–water partition coefficient (Wildman–Crippen LogP) is 3.62. The molecule has 1 unspecified atom stereocenters. The highest BCUT2D eigenvalue weighted by Crippen LogP contribution is 2.40. The van der Waals surface area contributed by atoms with Gasteiger partial charge in [-0.15, -0.1) is 11.8 Å². The maximum atomic E-state index is 12.4. The number of hydrogen-bond acceptors (Lipinski definition) is 5. The molecule has 2 aromatic rings. The van der Waals surface area contributed by atoms with Crippen LogP contribution in [0.3, 0.4) is 0 Å². The summed E-state index contributed by atoms with van der Waals surface area (Å²) in [5.74, 6) is 2.23. The van der Waals surface area contributed by atoms with Crippen LogP contribution in [0.4, 0.5) is 5.69 Å². The molecule has 4 rings (SSSR count). The first-order chi connectivity index (χ1) is 14.1. The number of amides is 2. The second kappa shape index (κ2) is 8.78. The minimum Gasteiger partial charge on any atom is -0.493 e. The fourth-order valence-corrected chi connectivity index (χ4v) is 4.83. The van der Waals surface area contributed by atoms with E-state index in [4.69, 9.17) is 9.47 Å². The fourth-order valence-electron chi connectivity index (χ4n) is 3.62. The van der Waals surface area contributed by atoms with Crippen LogP contribution in [0, 0.1) is 0 Å². The standard InChI is InChI=1S/C22H24N2O4S/c1-15(25)23-18-4-2-5-19(13-18)27-10-3-9-24-21(26)14-29-22(24)17-6-7-20-16(12-17)8-11-28-20/h2,4-7,12-13,22H,3,8-11,14H2,1H3,(H,23,25). The Hall–Kier alpha value is -2.67. The number of thioether (sulfide) groups is 1. The number of benzene rings is 2. The average Bonchev–Trinajstić information content (AvgIpc) is 3.31. The highest BCUT2D eigenvalue weighted by Gasteiger charge is 2.33. The van der Waals surface area contributed by atoms with Gasteiger partial charge < -0.3 is 19.7 Å². The van der Waals surface area contributed by atoms with Crippen molar-refractivity contribution in [2.45, 2.75) is 25.1 Å². The Kier molecular flexibility index (Phi) is 5.94. The van der Waals surface area contributed by atoms with E-state index in [2.05, 4.69) is 17.4 Å². The monoisotopic (exact) mass is 412 g/mol. The number of nitrogens with one attached hydrogen (secondary N) is 1. The van der Waals surface area contributed by atoms with Gasteiger partial charge in [-0.25, -0.2) is 0 Å². The molecule has 2 aliphatic heterocycles. The van der Waals surface area contributed by atoms with Crippen molar-refractivity contribution in [2.75, 3.05) is 30.8 Å². The van der Waals surface area contributed by atoms with Gasteiger partial charge in [0.05, 0.1) is 19.0 Å². The largest absolute Gasteiger partial charge is 0.493 e. The molecule has 0 saturated carbocycles. The molecule has 152 valence electrons. The quantitative estimate of drug-likeness (QED) is 0.704. The summed E-state index contributed by atoms with van der Waals surface area (Å²) in [4.78, 5) is 25.5. The van der Waals surface area contributed by atoms with E-state index in [1.54, 1.807) is 17.8 Å². The molecule has 1 fully saturated rings. The topological polar surface area (TPSA) is 67.9 Å². The lowest BCUT2D eigenvalue weighted by Gasteiger charge is -2.24. The Morgan fingerprint density at radius 1 is 1.31 bits per heavy atom. The van der Waals surface area contributed by atoms with Crippen LogP contribution in [0.2, 0.25) is 0 Å². The molecular weight excluding hydrogens is 388 g/mol. The number of carbonyl (C=O) groups is 2. The van der Waals surface area contributed by atoms with Crippen LogP contribution in [0.25, 0.3) is 0 Å². The van der Waals surface area contributed by atoms with Crippen molar-refractivity contribution in [3.05, 3.63) is 53.6 Å². The van der Waals surface area contributed by atoms with Crippen LogP contribution >= 0.6 is 11.8 Å². The molecular formula is C22H24N2O4S. The van der Waals surface area contributed by atoms with Crippen LogP contribution in [0.1, 0.15) is 29.8 Å². The zero-order valence-corrected chi connectivity index (χ0v) is 17.2. The summed E-state index contributed by atoms with van der Waals surface area (Å²) in [7, 11) is 0. The third-order valence-electron chi connectivity index (χ3n) is 4.93. The Labute approximate surface area is 174 Å². The van der Waals surface area contributed by atoms with Crippen LogP contribution in [-0.2, 0) is 16.0 Å². The van der Waals surface area contributed by atoms with E-state index in [0.29, 0.717) is 30.3 Å². The van der Waals surface area contributed by atoms with Gasteiger partial charge in [-0.1, -0.05) is 12.1 Å². The Morgan fingerprint density at radius 3 is 3.07 bits per heavy atom. The first-order valence-corrected chi connectivity index (χ1v) is 10.8. The molecule has 2 aliphatic rings. The molecule has 2 aromatic carbocycles. The number of fused-ring (bicyclic) bond motifs is 1. The fraction of sp³-hybridized carbons (Fsp3) is 0.364. The molecule has 0 spiro atoms. The molecule has 2 heterocycles. The lowest BCUT2D eigenvalue weighted by Crippen LogP contribution is -2.30. The lowest BCUT2D eigenvalue weighted by atomic mass is 10.1. The Balaban J connectivity index is 1.32. The normalized spacial score (nSPS) is 17.8. The van der Waals surface area contributed by atoms with Gasteiger partial charge in [-0.3, -0.25) is 9.59 Å². The predicted molar refractivity (Wildman–Crippen MR) is 113 cm³/mol. The number of anilines is 1. The highest BCUT2D eigenvalue weighted by molar-refractivity contribution is 8.00. The van der Waals surface area contributed by atoms with Gasteiger partial charge >= 0.3 is 0 Å². The molecule has 6 nitrogen and oxygen atoms in total. The van der Waals surface area contributed by atoms with E-state index in [1.807, 2.05) is 29.2 Å². The van der Waals surface area contributed by atoms with E-state index >= 15 is 0 Å². The van der Waals surface area contributed by atoms with Crippen molar-refractivity contribution < 1.29 is 19.1 Å². The summed E-state index contributed by atoms with van der Waals surface area (Å²) in [6.07, 6.45) is 1.67. The highest BCUT2D eigenvalue weighted by atomic mass is 32.2. The van der Waals surface area contributed by atoms with Crippen LogP contribution in [0.15, 0.2) is 42.5 Å². The third kappa shape index (κ3) is 4.67. The van der Waals surface area contributed by atoms with Gasteiger partial charge in [-0.2, -0.15) is 0 Å². The lowest BCUT2D eigenvalue weighted by molar-refractivity contribution is -0.128. The average molecular weight is 413 g/mol. The summed E-state index contributed by atoms with van der Waals surface area (Å²) in [5, 5.41) is 2.80. The SMILES string of the molecule is CC(=O)Nc1cccc(OCCCN2C(=O)CSC2c2ccc3c(c2)CCO3)c1. The molecule has 0 aromatic heterocycles. The number of carbonyl (C=O) groups excluding carboxylic acids is 2. The summed E-state index contributed by atoms with van der Waals surface area (Å²) >= 11 is 1.67. The van der Waals surface area contributed by atoms with Crippen molar-refractivity contribution in [2.24, 2.45) is 0 Å². The molecule has 1 N–H and O–H groups in total. The molecule has 1 saturated heterocycles.